The molecule has 4 aromatic rings. The lowest BCUT2D eigenvalue weighted by Gasteiger charge is -2.10. The predicted octanol–water partition coefficient (Wildman–Crippen LogP) is 4.25. The quantitative estimate of drug-likeness (QED) is 0.340. The predicted molar refractivity (Wildman–Crippen MR) is 135 cm³/mol. The first-order chi connectivity index (χ1) is 16.7. The molecule has 4 rings (SSSR count). The lowest BCUT2D eigenvalue weighted by atomic mass is 10.1. The number of nitrogens with zero attached hydrogens (tertiary/aromatic N) is 2. The molecule has 0 saturated heterocycles. The molecule has 0 radical (unpaired) electrons. The third kappa shape index (κ3) is 6.59. The molecule has 0 bridgehead atoms. The van der Waals surface area contributed by atoms with Crippen LogP contribution in [0.2, 0.25) is 0 Å². The first-order valence-corrected chi connectivity index (χ1v) is 12.1. The van der Waals surface area contributed by atoms with Crippen LogP contribution in [0.4, 0.5) is 0 Å². The van der Waals surface area contributed by atoms with Gasteiger partial charge in [0.1, 0.15) is 0 Å². The molecule has 0 saturated carbocycles. The molecule has 0 aliphatic rings. The van der Waals surface area contributed by atoms with Gasteiger partial charge in [-0.15, -0.1) is 0 Å². The summed E-state index contributed by atoms with van der Waals surface area (Å²) >= 11 is 1.38. The number of hydrogen-bond acceptors (Lipinski definition) is 4. The van der Waals surface area contributed by atoms with Crippen LogP contribution in [0.25, 0.3) is 5.69 Å². The number of carbonyl (C=O) groups excluding carboxylic acids is 2. The van der Waals surface area contributed by atoms with E-state index in [4.69, 9.17) is 0 Å². The third-order valence-corrected chi connectivity index (χ3v) is 6.19. The standard InChI is InChI=1S/C27H26N4O2S/c32-25(28-16-15-21-7-3-1-4-8-21)20-34-27-29-17-18-31(27)24-13-11-23(12-14-24)26(33)30-19-22-9-5-2-6-10-22/h1-14,17-18H,15-16,19-20H2,(H,28,32)(H,30,33). The average Bonchev–Trinajstić information content (AvgIpc) is 3.36. The average molecular weight is 471 g/mol. The minimum Gasteiger partial charge on any atom is -0.355 e. The smallest absolute Gasteiger partial charge is 0.251 e. The topological polar surface area (TPSA) is 76.0 Å². The van der Waals surface area contributed by atoms with Gasteiger partial charge in [-0.25, -0.2) is 4.98 Å². The maximum atomic E-state index is 12.5. The largest absolute Gasteiger partial charge is 0.355 e. The summed E-state index contributed by atoms with van der Waals surface area (Å²) in [4.78, 5) is 29.1. The molecule has 0 spiro atoms. The van der Waals surface area contributed by atoms with Crippen molar-refractivity contribution in [2.45, 2.75) is 18.1 Å². The third-order valence-electron chi connectivity index (χ3n) is 5.22. The molecule has 0 fully saturated rings. The van der Waals surface area contributed by atoms with E-state index in [1.807, 2.05) is 71.4 Å². The summed E-state index contributed by atoms with van der Waals surface area (Å²) in [7, 11) is 0. The first-order valence-electron chi connectivity index (χ1n) is 11.1. The van der Waals surface area contributed by atoms with E-state index >= 15 is 0 Å². The molecule has 1 heterocycles. The Morgan fingerprint density at radius 1 is 0.824 bits per heavy atom. The molecule has 0 aliphatic heterocycles. The molecule has 2 amide bonds. The summed E-state index contributed by atoms with van der Waals surface area (Å²) in [5.74, 6) is 0.134. The minimum absolute atomic E-state index is 0.0269. The van der Waals surface area contributed by atoms with Crippen molar-refractivity contribution in [1.82, 2.24) is 20.2 Å². The van der Waals surface area contributed by atoms with Crippen LogP contribution in [0.15, 0.2) is 102 Å². The van der Waals surface area contributed by atoms with Crippen LogP contribution in [-0.2, 0) is 17.8 Å². The zero-order valence-corrected chi connectivity index (χ0v) is 19.5. The maximum Gasteiger partial charge on any atom is 0.251 e. The molecule has 2 N–H and O–H groups in total. The fraction of sp³-hybridized carbons (Fsp3) is 0.148. The number of nitrogens with one attached hydrogen (secondary N) is 2. The van der Waals surface area contributed by atoms with Gasteiger partial charge < -0.3 is 10.6 Å². The molecule has 0 atom stereocenters. The van der Waals surface area contributed by atoms with E-state index in [2.05, 4.69) is 27.8 Å². The van der Waals surface area contributed by atoms with Crippen LogP contribution >= 0.6 is 11.8 Å². The van der Waals surface area contributed by atoms with Gasteiger partial charge >= 0.3 is 0 Å². The fourth-order valence-electron chi connectivity index (χ4n) is 3.42. The van der Waals surface area contributed by atoms with Crippen LogP contribution < -0.4 is 10.6 Å². The number of benzene rings is 3. The molecule has 6 nitrogen and oxygen atoms in total. The van der Waals surface area contributed by atoms with E-state index in [-0.39, 0.29) is 17.6 Å². The van der Waals surface area contributed by atoms with Gasteiger partial charge in [0.15, 0.2) is 5.16 Å². The Labute approximate surface area is 203 Å². The van der Waals surface area contributed by atoms with E-state index in [9.17, 15) is 9.59 Å². The van der Waals surface area contributed by atoms with E-state index in [1.54, 1.807) is 18.3 Å². The second-order valence-corrected chi connectivity index (χ2v) is 8.61. The van der Waals surface area contributed by atoms with E-state index < -0.39 is 0 Å². The number of aromatic nitrogens is 2. The maximum absolute atomic E-state index is 12.5. The Morgan fingerprint density at radius 2 is 1.50 bits per heavy atom. The minimum atomic E-state index is -0.122. The van der Waals surface area contributed by atoms with Crippen LogP contribution in [0.3, 0.4) is 0 Å². The Balaban J connectivity index is 1.27. The number of rotatable bonds is 10. The van der Waals surface area contributed by atoms with Crippen molar-refractivity contribution < 1.29 is 9.59 Å². The zero-order valence-electron chi connectivity index (χ0n) is 18.7. The first kappa shape index (κ1) is 23.3. The van der Waals surface area contributed by atoms with Gasteiger partial charge in [0.05, 0.1) is 5.75 Å². The molecular weight excluding hydrogens is 444 g/mol. The van der Waals surface area contributed by atoms with Gasteiger partial charge in [0.2, 0.25) is 5.91 Å². The Morgan fingerprint density at radius 3 is 2.21 bits per heavy atom. The van der Waals surface area contributed by atoms with Crippen molar-refractivity contribution in [3.05, 3.63) is 114 Å². The van der Waals surface area contributed by atoms with Crippen LogP contribution in [0.1, 0.15) is 21.5 Å². The van der Waals surface area contributed by atoms with Gasteiger partial charge in [0.25, 0.3) is 5.91 Å². The Hall–Kier alpha value is -3.84. The summed E-state index contributed by atoms with van der Waals surface area (Å²) in [5.41, 5.74) is 3.72. The van der Waals surface area contributed by atoms with Crippen LogP contribution in [0.5, 0.6) is 0 Å². The molecule has 0 unspecified atom stereocenters. The highest BCUT2D eigenvalue weighted by Gasteiger charge is 2.11. The second-order valence-electron chi connectivity index (χ2n) is 7.67. The van der Waals surface area contributed by atoms with Crippen LogP contribution in [0, 0.1) is 0 Å². The van der Waals surface area contributed by atoms with E-state index in [0.717, 1.165) is 22.8 Å². The molecule has 1 aromatic heterocycles. The summed E-state index contributed by atoms with van der Waals surface area (Å²) in [5, 5.41) is 6.61. The zero-order chi connectivity index (χ0) is 23.6. The molecule has 0 aliphatic carbocycles. The highest BCUT2D eigenvalue weighted by Crippen LogP contribution is 2.20. The monoisotopic (exact) mass is 470 g/mol. The SMILES string of the molecule is O=C(CSc1nccn1-c1ccc(C(=O)NCc2ccccc2)cc1)NCCc1ccccc1. The number of imidazole rings is 1. The highest BCUT2D eigenvalue weighted by molar-refractivity contribution is 7.99. The van der Waals surface area contributed by atoms with Crippen LogP contribution in [-0.4, -0.2) is 33.7 Å². The molecule has 3 aromatic carbocycles. The van der Waals surface area contributed by atoms with Gasteiger partial charge in [-0.3, -0.25) is 14.2 Å². The van der Waals surface area contributed by atoms with Crippen molar-refractivity contribution in [2.75, 3.05) is 12.3 Å². The number of thioether (sulfide) groups is 1. The summed E-state index contributed by atoms with van der Waals surface area (Å²) in [6.07, 6.45) is 4.35. The molecule has 172 valence electrons. The lowest BCUT2D eigenvalue weighted by Crippen LogP contribution is -2.27. The van der Waals surface area contributed by atoms with Crippen molar-refractivity contribution >= 4 is 23.6 Å². The van der Waals surface area contributed by atoms with Gasteiger partial charge in [0, 0.05) is 36.7 Å². The van der Waals surface area contributed by atoms with Crippen molar-refractivity contribution in [1.29, 1.82) is 0 Å². The summed E-state index contributed by atoms with van der Waals surface area (Å²) in [6.45, 7) is 1.09. The normalized spacial score (nSPS) is 10.6. The summed E-state index contributed by atoms with van der Waals surface area (Å²) in [6, 6.07) is 27.2. The van der Waals surface area contributed by atoms with Gasteiger partial charge in [-0.05, 0) is 41.8 Å². The number of hydrogen-bond donors (Lipinski definition) is 2. The Kier molecular flexibility index (Phi) is 8.13. The second kappa shape index (κ2) is 11.9. The Bertz CT molecular complexity index is 1210. The number of amides is 2. The lowest BCUT2D eigenvalue weighted by molar-refractivity contribution is -0.118. The molecule has 7 heteroatoms. The highest BCUT2D eigenvalue weighted by atomic mass is 32.2. The van der Waals surface area contributed by atoms with Gasteiger partial charge in [-0.1, -0.05) is 72.4 Å². The summed E-state index contributed by atoms with van der Waals surface area (Å²) < 4.78 is 1.91. The molecule has 34 heavy (non-hydrogen) atoms. The fourth-order valence-corrected chi connectivity index (χ4v) is 4.22. The van der Waals surface area contributed by atoms with E-state index in [0.29, 0.717) is 18.7 Å². The van der Waals surface area contributed by atoms with Crippen molar-refractivity contribution in [3.63, 3.8) is 0 Å². The molecular formula is C27H26N4O2S. The van der Waals surface area contributed by atoms with Gasteiger partial charge in [-0.2, -0.15) is 0 Å². The van der Waals surface area contributed by atoms with Crippen molar-refractivity contribution in [3.8, 4) is 5.69 Å². The van der Waals surface area contributed by atoms with E-state index in [1.165, 1.54) is 17.3 Å². The van der Waals surface area contributed by atoms with Crippen molar-refractivity contribution in [2.24, 2.45) is 0 Å². The number of carbonyl (C=O) groups is 2.